The molecule has 0 bridgehead atoms. The van der Waals surface area contributed by atoms with Crippen LogP contribution in [0, 0.1) is 18.3 Å². The number of hydrogen-bond acceptors (Lipinski definition) is 9. The van der Waals surface area contributed by atoms with E-state index in [0.717, 1.165) is 31.6 Å². The second-order valence-corrected chi connectivity index (χ2v) is 11.0. The van der Waals surface area contributed by atoms with E-state index < -0.39 is 12.5 Å². The molecule has 220 valence electrons. The highest BCUT2D eigenvalue weighted by atomic mass is 19.3. The molecular weight excluding hydrogens is 546 g/mol. The molecule has 4 aromatic rings. The van der Waals surface area contributed by atoms with Crippen molar-refractivity contribution in [1.82, 2.24) is 29.2 Å². The number of nitrogens with zero attached hydrogens (tertiary/aromatic N) is 7. The number of alkyl halides is 2. The molecule has 0 unspecified atom stereocenters. The van der Waals surface area contributed by atoms with Gasteiger partial charge in [-0.05, 0) is 51.0 Å². The topological polar surface area (TPSA) is 126 Å². The second kappa shape index (κ2) is 10.9. The fraction of sp³-hybridized carbons (Fsp3) is 0.448. The number of aliphatic hydroxyl groups excluding tert-OH is 1. The number of hydrogen-bond donors (Lipinski definition) is 2. The minimum absolute atomic E-state index is 0.0505. The maximum Gasteiger partial charge on any atom is 0.267 e. The van der Waals surface area contributed by atoms with Crippen molar-refractivity contribution in [2.45, 2.75) is 50.8 Å². The van der Waals surface area contributed by atoms with Crippen LogP contribution in [0.4, 0.5) is 14.5 Å². The smallest absolute Gasteiger partial charge is 0.267 e. The van der Waals surface area contributed by atoms with Crippen LogP contribution >= 0.6 is 0 Å². The zero-order valence-corrected chi connectivity index (χ0v) is 23.6. The lowest BCUT2D eigenvalue weighted by Crippen LogP contribution is -2.57. The van der Waals surface area contributed by atoms with Crippen LogP contribution in [-0.4, -0.2) is 85.4 Å². The van der Waals surface area contributed by atoms with Gasteiger partial charge in [-0.2, -0.15) is 10.4 Å². The summed E-state index contributed by atoms with van der Waals surface area (Å²) in [4.78, 5) is 11.4. The summed E-state index contributed by atoms with van der Waals surface area (Å²) in [6, 6.07) is 10.3. The molecule has 42 heavy (non-hydrogen) atoms. The number of halogens is 2. The number of aliphatic hydroxyl groups is 1. The Kier molecular flexibility index (Phi) is 7.30. The third kappa shape index (κ3) is 4.85. The zero-order valence-electron chi connectivity index (χ0n) is 23.6. The average Bonchev–Trinajstić information content (AvgIpc) is 3.68. The van der Waals surface area contributed by atoms with E-state index in [4.69, 9.17) is 9.47 Å². The lowest BCUT2D eigenvalue weighted by molar-refractivity contribution is -0.000587. The first-order valence-corrected chi connectivity index (χ1v) is 13.8. The SMILES string of the molecule is COc1cc2c(cc1NC1CCN([C@@]3(C)COC[C@H]3O)CC1)ncn2-c1ccc(C(F)F)c(-n2nc(C#N)cc2C)n1. The first-order valence-electron chi connectivity index (χ1n) is 13.8. The monoisotopic (exact) mass is 578 g/mol. The van der Waals surface area contributed by atoms with Crippen molar-refractivity contribution in [1.29, 1.82) is 5.26 Å². The van der Waals surface area contributed by atoms with Gasteiger partial charge in [0.2, 0.25) is 0 Å². The molecular formula is C29H32F2N8O3. The van der Waals surface area contributed by atoms with Crippen LogP contribution < -0.4 is 10.1 Å². The van der Waals surface area contributed by atoms with Crippen LogP contribution in [0.5, 0.6) is 5.75 Å². The average molecular weight is 579 g/mol. The standard InChI is InChI=1S/C29H32F2N8O3/c1-17-10-19(13-32)36-39(17)28-20(27(30)31)4-5-26(35-28)38-16-33-21-11-22(24(41-3)12-23(21)38)34-18-6-8-37(9-7-18)29(2)15-42-14-25(29)40/h4-5,10-12,16,18,25,27,34,40H,6-9,14-15H2,1-3H3/t25-,29+/m1/s1. The number of aromatic nitrogens is 5. The number of fused-ring (bicyclic) bond motifs is 1. The minimum atomic E-state index is -2.78. The number of rotatable bonds is 7. The van der Waals surface area contributed by atoms with Crippen molar-refractivity contribution >= 4 is 16.7 Å². The lowest BCUT2D eigenvalue weighted by Gasteiger charge is -2.43. The number of ether oxygens (including phenoxy) is 2. The molecule has 5 heterocycles. The summed E-state index contributed by atoms with van der Waals surface area (Å²) in [6.07, 6.45) is 0.0983. The number of nitrogens with one attached hydrogen (secondary N) is 1. The molecule has 0 radical (unpaired) electrons. The van der Waals surface area contributed by atoms with Crippen LogP contribution in [0.25, 0.3) is 22.7 Å². The number of benzene rings is 1. The van der Waals surface area contributed by atoms with Gasteiger partial charge in [0.15, 0.2) is 11.5 Å². The van der Waals surface area contributed by atoms with Gasteiger partial charge in [0.05, 0.1) is 54.3 Å². The first kappa shape index (κ1) is 28.0. The summed E-state index contributed by atoms with van der Waals surface area (Å²) in [5, 5.41) is 27.4. The zero-order chi connectivity index (χ0) is 29.6. The van der Waals surface area contributed by atoms with Crippen LogP contribution in [-0.2, 0) is 4.74 Å². The molecule has 0 amide bonds. The summed E-state index contributed by atoms with van der Waals surface area (Å²) < 4.78 is 42.1. The van der Waals surface area contributed by atoms with Crippen LogP contribution in [0.2, 0.25) is 0 Å². The van der Waals surface area contributed by atoms with Gasteiger partial charge < -0.3 is 19.9 Å². The highest BCUT2D eigenvalue weighted by Crippen LogP contribution is 2.35. The van der Waals surface area contributed by atoms with E-state index in [1.165, 1.54) is 22.9 Å². The van der Waals surface area contributed by atoms with Gasteiger partial charge in [-0.15, -0.1) is 0 Å². The van der Waals surface area contributed by atoms with E-state index in [1.807, 2.05) is 18.2 Å². The molecule has 2 N–H and O–H groups in total. The predicted molar refractivity (Wildman–Crippen MR) is 150 cm³/mol. The molecule has 11 nitrogen and oxygen atoms in total. The number of nitriles is 1. The van der Waals surface area contributed by atoms with Crippen molar-refractivity contribution in [2.75, 3.05) is 38.7 Å². The number of likely N-dealkylation sites (tertiary alicyclic amines) is 1. The highest BCUT2D eigenvalue weighted by molar-refractivity contribution is 5.84. The fourth-order valence-corrected chi connectivity index (χ4v) is 5.88. The summed E-state index contributed by atoms with van der Waals surface area (Å²) in [5.41, 5.74) is 2.15. The molecule has 2 fully saturated rings. The number of pyridine rings is 1. The van der Waals surface area contributed by atoms with Gasteiger partial charge in [-0.25, -0.2) is 23.4 Å². The summed E-state index contributed by atoms with van der Waals surface area (Å²) in [5.74, 6) is 0.932. The van der Waals surface area contributed by atoms with Gasteiger partial charge in [-0.3, -0.25) is 9.47 Å². The van der Waals surface area contributed by atoms with E-state index in [-0.39, 0.29) is 28.7 Å². The van der Waals surface area contributed by atoms with Gasteiger partial charge >= 0.3 is 0 Å². The van der Waals surface area contributed by atoms with Crippen molar-refractivity contribution in [3.05, 3.63) is 53.6 Å². The molecule has 2 aliphatic heterocycles. The van der Waals surface area contributed by atoms with Crippen LogP contribution in [0.1, 0.15) is 43.1 Å². The maximum atomic E-state index is 13.9. The molecule has 6 rings (SSSR count). The first-order chi connectivity index (χ1) is 20.2. The normalized spacial score (nSPS) is 21.7. The Balaban J connectivity index is 1.28. The van der Waals surface area contributed by atoms with Crippen molar-refractivity contribution < 1.29 is 23.4 Å². The van der Waals surface area contributed by atoms with Gasteiger partial charge in [0.1, 0.15) is 24.0 Å². The predicted octanol–water partition coefficient (Wildman–Crippen LogP) is 3.76. The van der Waals surface area contributed by atoms with E-state index in [9.17, 15) is 19.1 Å². The number of piperidine rings is 1. The summed E-state index contributed by atoms with van der Waals surface area (Å²) in [7, 11) is 1.60. The van der Waals surface area contributed by atoms with Gasteiger partial charge in [-0.1, -0.05) is 0 Å². The number of imidazole rings is 1. The molecule has 0 spiro atoms. The highest BCUT2D eigenvalue weighted by Gasteiger charge is 2.44. The second-order valence-electron chi connectivity index (χ2n) is 11.0. The molecule has 3 aromatic heterocycles. The van der Waals surface area contributed by atoms with Crippen molar-refractivity contribution in [3.8, 4) is 23.5 Å². The Bertz CT molecular complexity index is 1660. The Morgan fingerprint density at radius 1 is 1.24 bits per heavy atom. The largest absolute Gasteiger partial charge is 0.495 e. The fourth-order valence-electron chi connectivity index (χ4n) is 5.88. The molecule has 0 saturated carbocycles. The van der Waals surface area contributed by atoms with E-state index in [0.29, 0.717) is 41.5 Å². The Morgan fingerprint density at radius 2 is 2.02 bits per heavy atom. The maximum absolute atomic E-state index is 13.9. The molecule has 1 aromatic carbocycles. The van der Waals surface area contributed by atoms with E-state index in [1.54, 1.807) is 24.9 Å². The van der Waals surface area contributed by atoms with Crippen LogP contribution in [0.15, 0.2) is 36.7 Å². The van der Waals surface area contributed by atoms with E-state index in [2.05, 4.69) is 32.2 Å². The van der Waals surface area contributed by atoms with Crippen molar-refractivity contribution in [2.24, 2.45) is 0 Å². The van der Waals surface area contributed by atoms with E-state index >= 15 is 0 Å². The number of anilines is 1. The van der Waals surface area contributed by atoms with Crippen molar-refractivity contribution in [3.63, 3.8) is 0 Å². The molecule has 2 saturated heterocycles. The Hall–Kier alpha value is -4.12. The Morgan fingerprint density at radius 3 is 2.67 bits per heavy atom. The Labute approximate surface area is 241 Å². The lowest BCUT2D eigenvalue weighted by atomic mass is 9.92. The molecule has 2 aliphatic rings. The third-order valence-corrected chi connectivity index (χ3v) is 8.41. The molecule has 0 aliphatic carbocycles. The number of aryl methyl sites for hydroxylation is 1. The molecule has 2 atom stereocenters. The van der Waals surface area contributed by atoms with Crippen LogP contribution in [0.3, 0.4) is 0 Å². The summed E-state index contributed by atoms with van der Waals surface area (Å²) in [6.45, 7) is 6.31. The van der Waals surface area contributed by atoms with Gasteiger partial charge in [0, 0.05) is 30.9 Å². The summed E-state index contributed by atoms with van der Waals surface area (Å²) >= 11 is 0. The quantitative estimate of drug-likeness (QED) is 0.337. The molecule has 13 heteroatoms. The number of methoxy groups -OCH3 is 1. The van der Waals surface area contributed by atoms with Gasteiger partial charge in [0.25, 0.3) is 6.43 Å². The minimum Gasteiger partial charge on any atom is -0.495 e. The third-order valence-electron chi connectivity index (χ3n) is 8.41.